The van der Waals surface area contributed by atoms with Gasteiger partial charge in [0.05, 0.1) is 11.6 Å². The summed E-state index contributed by atoms with van der Waals surface area (Å²) in [6.45, 7) is 9.64. The number of aromatic amines is 1. The van der Waals surface area contributed by atoms with Gasteiger partial charge in [-0.25, -0.2) is 0 Å². The first-order valence-electron chi connectivity index (χ1n) is 7.85. The average Bonchev–Trinajstić information content (AvgIpc) is 2.96. The van der Waals surface area contributed by atoms with Crippen LogP contribution >= 0.6 is 0 Å². The van der Waals surface area contributed by atoms with Crippen LogP contribution in [-0.4, -0.2) is 39.8 Å². The van der Waals surface area contributed by atoms with Crippen LogP contribution < -0.4 is 10.2 Å². The Hall–Kier alpha value is -1.85. The van der Waals surface area contributed by atoms with Crippen LogP contribution in [0.15, 0.2) is 6.20 Å². The van der Waals surface area contributed by atoms with E-state index in [9.17, 15) is 0 Å². The number of hydrogen-bond acceptors (Lipinski definition) is 5. The Kier molecular flexibility index (Phi) is 3.69. The number of fused-ring (bicyclic) bond motifs is 1. The third-order valence-electron chi connectivity index (χ3n) is 4.75. The highest BCUT2D eigenvalue weighted by molar-refractivity contribution is 5.87. The predicted molar refractivity (Wildman–Crippen MR) is 85.7 cm³/mol. The Labute approximate surface area is 125 Å². The summed E-state index contributed by atoms with van der Waals surface area (Å²) in [5.74, 6) is 1.68. The Morgan fingerprint density at radius 2 is 2.05 bits per heavy atom. The van der Waals surface area contributed by atoms with E-state index in [-0.39, 0.29) is 0 Å². The topological polar surface area (TPSA) is 69.7 Å². The van der Waals surface area contributed by atoms with Crippen molar-refractivity contribution in [3.8, 4) is 0 Å². The van der Waals surface area contributed by atoms with Gasteiger partial charge in [0.2, 0.25) is 5.95 Å². The number of H-pyrrole nitrogens is 1. The molecular weight excluding hydrogens is 264 g/mol. The Bertz CT molecular complexity index is 612. The smallest absolute Gasteiger partial charge is 0.226 e. The standard InChI is InChI=1S/C15H24N6/c1-4-15(3)6-8-21(9-7-15)13-11-10-17-20-12(11)18-14(19-13)16-5-2/h10H,4-9H2,1-3H3,(H2,16,17,18,19,20). The highest BCUT2D eigenvalue weighted by Gasteiger charge is 2.29. The minimum absolute atomic E-state index is 0.476. The molecule has 0 aliphatic carbocycles. The molecule has 0 bridgehead atoms. The second-order valence-electron chi connectivity index (χ2n) is 6.18. The van der Waals surface area contributed by atoms with Gasteiger partial charge in [0, 0.05) is 19.6 Å². The van der Waals surface area contributed by atoms with Crippen molar-refractivity contribution >= 4 is 22.8 Å². The van der Waals surface area contributed by atoms with E-state index >= 15 is 0 Å². The zero-order chi connectivity index (χ0) is 14.9. The lowest BCUT2D eigenvalue weighted by molar-refractivity contribution is 0.238. The normalized spacial score (nSPS) is 18.1. The predicted octanol–water partition coefficient (Wildman–Crippen LogP) is 2.80. The summed E-state index contributed by atoms with van der Waals surface area (Å²) in [7, 11) is 0. The molecule has 0 aromatic carbocycles. The molecule has 1 saturated heterocycles. The molecule has 2 aromatic rings. The maximum absolute atomic E-state index is 4.70. The largest absolute Gasteiger partial charge is 0.356 e. The Balaban J connectivity index is 1.91. The third-order valence-corrected chi connectivity index (χ3v) is 4.75. The fourth-order valence-corrected chi connectivity index (χ4v) is 2.91. The summed E-state index contributed by atoms with van der Waals surface area (Å²) in [6, 6.07) is 0. The maximum Gasteiger partial charge on any atom is 0.226 e. The molecule has 1 fully saturated rings. The fourth-order valence-electron chi connectivity index (χ4n) is 2.91. The molecule has 6 heteroatoms. The van der Waals surface area contributed by atoms with Crippen LogP contribution in [0, 0.1) is 5.41 Å². The van der Waals surface area contributed by atoms with Gasteiger partial charge >= 0.3 is 0 Å². The van der Waals surface area contributed by atoms with Crippen molar-refractivity contribution in [2.24, 2.45) is 5.41 Å². The molecule has 3 heterocycles. The van der Waals surface area contributed by atoms with Gasteiger partial charge in [-0.15, -0.1) is 0 Å². The number of aromatic nitrogens is 4. The summed E-state index contributed by atoms with van der Waals surface area (Å²) < 4.78 is 0. The van der Waals surface area contributed by atoms with Gasteiger partial charge in [-0.2, -0.15) is 15.1 Å². The lowest BCUT2D eigenvalue weighted by Crippen LogP contribution is -2.39. The van der Waals surface area contributed by atoms with Crippen molar-refractivity contribution in [2.45, 2.75) is 40.0 Å². The summed E-state index contributed by atoms with van der Waals surface area (Å²) in [6.07, 6.45) is 5.50. The number of rotatable bonds is 4. The molecule has 1 aliphatic heterocycles. The van der Waals surface area contributed by atoms with Crippen LogP contribution in [-0.2, 0) is 0 Å². The number of nitrogens with zero attached hydrogens (tertiary/aromatic N) is 4. The molecule has 0 radical (unpaired) electrons. The third kappa shape index (κ3) is 2.66. The lowest BCUT2D eigenvalue weighted by atomic mass is 9.78. The van der Waals surface area contributed by atoms with E-state index in [1.807, 2.05) is 13.1 Å². The molecule has 3 rings (SSSR count). The van der Waals surface area contributed by atoms with E-state index in [0.29, 0.717) is 11.4 Å². The van der Waals surface area contributed by atoms with Crippen molar-refractivity contribution in [3.05, 3.63) is 6.20 Å². The SMILES string of the molecule is CCNc1nc(N2CCC(C)(CC)CC2)c2cn[nH]c2n1. The number of piperidine rings is 1. The molecule has 6 nitrogen and oxygen atoms in total. The molecule has 0 saturated carbocycles. The highest BCUT2D eigenvalue weighted by atomic mass is 15.3. The second kappa shape index (κ2) is 5.50. The van der Waals surface area contributed by atoms with Crippen molar-refractivity contribution in [3.63, 3.8) is 0 Å². The first-order chi connectivity index (χ1) is 10.1. The van der Waals surface area contributed by atoms with Gasteiger partial charge in [-0.05, 0) is 25.2 Å². The van der Waals surface area contributed by atoms with Crippen LogP contribution in [0.5, 0.6) is 0 Å². The van der Waals surface area contributed by atoms with Crippen molar-refractivity contribution in [2.75, 3.05) is 29.9 Å². The average molecular weight is 288 g/mol. The Morgan fingerprint density at radius 3 is 2.71 bits per heavy atom. The van der Waals surface area contributed by atoms with Crippen LogP contribution in [0.1, 0.15) is 40.0 Å². The van der Waals surface area contributed by atoms with Gasteiger partial charge in [0.1, 0.15) is 5.82 Å². The first kappa shape index (κ1) is 14.1. The molecule has 0 atom stereocenters. The molecule has 1 aliphatic rings. The molecule has 114 valence electrons. The molecule has 0 unspecified atom stereocenters. The zero-order valence-corrected chi connectivity index (χ0v) is 13.1. The molecule has 2 N–H and O–H groups in total. The summed E-state index contributed by atoms with van der Waals surface area (Å²) in [5, 5.41) is 11.3. The summed E-state index contributed by atoms with van der Waals surface area (Å²) >= 11 is 0. The maximum atomic E-state index is 4.70. The highest BCUT2D eigenvalue weighted by Crippen LogP contribution is 2.36. The fraction of sp³-hybridized carbons (Fsp3) is 0.667. The molecule has 0 spiro atoms. The first-order valence-corrected chi connectivity index (χ1v) is 7.85. The lowest BCUT2D eigenvalue weighted by Gasteiger charge is -2.39. The van der Waals surface area contributed by atoms with E-state index in [1.165, 1.54) is 19.3 Å². The van der Waals surface area contributed by atoms with E-state index in [2.05, 4.69) is 39.2 Å². The van der Waals surface area contributed by atoms with E-state index in [4.69, 9.17) is 4.98 Å². The number of nitrogens with one attached hydrogen (secondary N) is 2. The van der Waals surface area contributed by atoms with E-state index in [0.717, 1.165) is 36.5 Å². The molecule has 2 aromatic heterocycles. The molecular formula is C15H24N6. The van der Waals surface area contributed by atoms with Crippen LogP contribution in [0.2, 0.25) is 0 Å². The molecule has 21 heavy (non-hydrogen) atoms. The van der Waals surface area contributed by atoms with Gasteiger partial charge < -0.3 is 10.2 Å². The van der Waals surface area contributed by atoms with Gasteiger partial charge in [-0.3, -0.25) is 5.10 Å². The Morgan fingerprint density at radius 1 is 1.29 bits per heavy atom. The second-order valence-corrected chi connectivity index (χ2v) is 6.18. The summed E-state index contributed by atoms with van der Waals surface area (Å²) in [4.78, 5) is 11.5. The minimum Gasteiger partial charge on any atom is -0.356 e. The van der Waals surface area contributed by atoms with Crippen LogP contribution in [0.4, 0.5) is 11.8 Å². The number of anilines is 2. The van der Waals surface area contributed by atoms with Crippen molar-refractivity contribution in [1.29, 1.82) is 0 Å². The van der Waals surface area contributed by atoms with E-state index < -0.39 is 0 Å². The monoisotopic (exact) mass is 288 g/mol. The van der Waals surface area contributed by atoms with Gasteiger partial charge in [-0.1, -0.05) is 20.3 Å². The van der Waals surface area contributed by atoms with Gasteiger partial charge in [0.15, 0.2) is 5.65 Å². The van der Waals surface area contributed by atoms with Crippen LogP contribution in [0.25, 0.3) is 11.0 Å². The van der Waals surface area contributed by atoms with E-state index in [1.54, 1.807) is 0 Å². The quantitative estimate of drug-likeness (QED) is 0.905. The van der Waals surface area contributed by atoms with Gasteiger partial charge in [0.25, 0.3) is 0 Å². The van der Waals surface area contributed by atoms with Crippen molar-refractivity contribution in [1.82, 2.24) is 20.2 Å². The molecule has 0 amide bonds. The van der Waals surface area contributed by atoms with Crippen LogP contribution in [0.3, 0.4) is 0 Å². The zero-order valence-electron chi connectivity index (χ0n) is 13.1. The summed E-state index contributed by atoms with van der Waals surface area (Å²) in [5.41, 5.74) is 1.28. The number of hydrogen-bond donors (Lipinski definition) is 2. The van der Waals surface area contributed by atoms with Crippen molar-refractivity contribution < 1.29 is 0 Å². The minimum atomic E-state index is 0.476.